The first-order valence-corrected chi connectivity index (χ1v) is 7.52. The highest BCUT2D eigenvalue weighted by molar-refractivity contribution is 6.41. The lowest BCUT2D eigenvalue weighted by molar-refractivity contribution is -0.137. The summed E-state index contributed by atoms with van der Waals surface area (Å²) in [6.07, 6.45) is 4.26. The van der Waals surface area contributed by atoms with Crippen LogP contribution in [0.5, 0.6) is 0 Å². The number of carbonyl (C=O) groups is 2. The molecule has 2 unspecified atom stereocenters. The third-order valence-electron chi connectivity index (χ3n) is 3.88. The van der Waals surface area contributed by atoms with Crippen LogP contribution >= 0.6 is 11.6 Å². The SMILES string of the molecule is CC1CCCCC1NC(=O)C(=O)Nc1ccc(N)cc1Cl. The fourth-order valence-electron chi connectivity index (χ4n) is 2.58. The summed E-state index contributed by atoms with van der Waals surface area (Å²) < 4.78 is 0. The summed E-state index contributed by atoms with van der Waals surface area (Å²) in [6.45, 7) is 2.10. The standard InChI is InChI=1S/C15H20ClN3O2/c1-9-4-2-3-5-12(9)18-14(20)15(21)19-13-7-6-10(17)8-11(13)16/h6-9,12H,2-5,17H2,1H3,(H,18,20)(H,19,21). The Labute approximate surface area is 129 Å². The number of nitrogens with one attached hydrogen (secondary N) is 2. The second-order valence-corrected chi connectivity index (χ2v) is 5.94. The molecule has 1 aromatic rings. The van der Waals surface area contributed by atoms with Gasteiger partial charge in [-0.3, -0.25) is 9.59 Å². The average molecular weight is 310 g/mol. The van der Waals surface area contributed by atoms with Crippen molar-refractivity contribution in [3.8, 4) is 0 Å². The van der Waals surface area contributed by atoms with Crippen molar-refractivity contribution < 1.29 is 9.59 Å². The molecule has 5 nitrogen and oxygen atoms in total. The van der Waals surface area contributed by atoms with Crippen LogP contribution in [0.15, 0.2) is 18.2 Å². The highest BCUT2D eigenvalue weighted by Gasteiger charge is 2.25. The van der Waals surface area contributed by atoms with Gasteiger partial charge in [0.25, 0.3) is 0 Å². The van der Waals surface area contributed by atoms with Crippen LogP contribution in [0.4, 0.5) is 11.4 Å². The minimum Gasteiger partial charge on any atom is -0.399 e. The molecule has 2 amide bonds. The van der Waals surface area contributed by atoms with Crippen molar-refractivity contribution in [1.82, 2.24) is 5.32 Å². The number of hydrogen-bond donors (Lipinski definition) is 3. The Bertz CT molecular complexity index is 548. The van der Waals surface area contributed by atoms with Gasteiger partial charge in [-0.1, -0.05) is 31.4 Å². The summed E-state index contributed by atoms with van der Waals surface area (Å²) in [4.78, 5) is 23.9. The lowest BCUT2D eigenvalue weighted by Crippen LogP contribution is -2.45. The molecule has 0 saturated heterocycles. The van der Waals surface area contributed by atoms with E-state index in [0.717, 1.165) is 19.3 Å². The van der Waals surface area contributed by atoms with Gasteiger partial charge in [-0.2, -0.15) is 0 Å². The van der Waals surface area contributed by atoms with Gasteiger partial charge < -0.3 is 16.4 Å². The van der Waals surface area contributed by atoms with Crippen LogP contribution in [0, 0.1) is 5.92 Å². The molecule has 0 bridgehead atoms. The molecule has 2 rings (SSSR count). The number of rotatable bonds is 2. The zero-order chi connectivity index (χ0) is 15.4. The minimum absolute atomic E-state index is 0.0684. The summed E-state index contributed by atoms with van der Waals surface area (Å²) in [5, 5.41) is 5.61. The third kappa shape index (κ3) is 4.11. The van der Waals surface area contributed by atoms with Gasteiger partial charge in [0.1, 0.15) is 0 Å². The Balaban J connectivity index is 1.94. The Morgan fingerprint density at radius 2 is 1.95 bits per heavy atom. The second kappa shape index (κ2) is 6.80. The maximum atomic E-state index is 11.9. The Hall–Kier alpha value is -1.75. The normalized spacial score (nSPS) is 21.6. The van der Waals surface area contributed by atoms with E-state index in [1.807, 2.05) is 0 Å². The van der Waals surface area contributed by atoms with E-state index in [-0.39, 0.29) is 6.04 Å². The fourth-order valence-corrected chi connectivity index (χ4v) is 2.81. The van der Waals surface area contributed by atoms with E-state index in [9.17, 15) is 9.59 Å². The lowest BCUT2D eigenvalue weighted by atomic mass is 9.86. The van der Waals surface area contributed by atoms with Crippen LogP contribution in [0.2, 0.25) is 5.02 Å². The first-order valence-electron chi connectivity index (χ1n) is 7.14. The van der Waals surface area contributed by atoms with Crippen LogP contribution in [0.25, 0.3) is 0 Å². The number of nitrogen functional groups attached to an aromatic ring is 1. The van der Waals surface area contributed by atoms with Crippen LogP contribution in [-0.2, 0) is 9.59 Å². The largest absolute Gasteiger partial charge is 0.399 e. The van der Waals surface area contributed by atoms with Crippen LogP contribution < -0.4 is 16.4 Å². The molecule has 0 aliphatic heterocycles. The van der Waals surface area contributed by atoms with Gasteiger partial charge in [0.05, 0.1) is 10.7 Å². The number of benzene rings is 1. The number of nitrogens with two attached hydrogens (primary N) is 1. The van der Waals surface area contributed by atoms with Crippen molar-refractivity contribution in [2.24, 2.45) is 5.92 Å². The number of anilines is 2. The fraction of sp³-hybridized carbons (Fsp3) is 0.467. The zero-order valence-corrected chi connectivity index (χ0v) is 12.7. The molecule has 1 aliphatic carbocycles. The van der Waals surface area contributed by atoms with Crippen molar-refractivity contribution in [1.29, 1.82) is 0 Å². The Morgan fingerprint density at radius 1 is 1.24 bits per heavy atom. The monoisotopic (exact) mass is 309 g/mol. The van der Waals surface area contributed by atoms with Crippen molar-refractivity contribution >= 4 is 34.8 Å². The molecule has 1 saturated carbocycles. The molecule has 0 radical (unpaired) electrons. The lowest BCUT2D eigenvalue weighted by Gasteiger charge is -2.29. The van der Waals surface area contributed by atoms with Crippen molar-refractivity contribution in [2.75, 3.05) is 11.1 Å². The summed E-state index contributed by atoms with van der Waals surface area (Å²) in [5.74, 6) is -0.934. The Morgan fingerprint density at radius 3 is 2.62 bits per heavy atom. The number of carbonyl (C=O) groups excluding carboxylic acids is 2. The van der Waals surface area contributed by atoms with E-state index in [1.54, 1.807) is 12.1 Å². The predicted octanol–water partition coefficient (Wildman–Crippen LogP) is 2.56. The summed E-state index contributed by atoms with van der Waals surface area (Å²) in [6, 6.07) is 4.78. The van der Waals surface area contributed by atoms with Crippen LogP contribution in [-0.4, -0.2) is 17.9 Å². The molecule has 21 heavy (non-hydrogen) atoms. The maximum absolute atomic E-state index is 11.9. The third-order valence-corrected chi connectivity index (χ3v) is 4.19. The molecule has 0 aromatic heterocycles. The van der Waals surface area contributed by atoms with E-state index >= 15 is 0 Å². The van der Waals surface area contributed by atoms with Gasteiger partial charge in [0.2, 0.25) is 0 Å². The summed E-state index contributed by atoms with van der Waals surface area (Å²) in [5.41, 5.74) is 6.46. The smallest absolute Gasteiger partial charge is 0.313 e. The number of hydrogen-bond acceptors (Lipinski definition) is 3. The Kier molecular flexibility index (Phi) is 5.07. The molecule has 1 aromatic carbocycles. The maximum Gasteiger partial charge on any atom is 0.313 e. The van der Waals surface area contributed by atoms with Crippen molar-refractivity contribution in [2.45, 2.75) is 38.6 Å². The molecule has 6 heteroatoms. The average Bonchev–Trinajstić information content (AvgIpc) is 2.44. The van der Waals surface area contributed by atoms with Gasteiger partial charge in [0, 0.05) is 11.7 Å². The van der Waals surface area contributed by atoms with Crippen molar-refractivity contribution in [3.63, 3.8) is 0 Å². The molecule has 0 spiro atoms. The number of halogens is 1. The van der Waals surface area contributed by atoms with E-state index in [0.29, 0.717) is 22.3 Å². The van der Waals surface area contributed by atoms with Gasteiger partial charge in [-0.15, -0.1) is 0 Å². The van der Waals surface area contributed by atoms with E-state index in [1.165, 1.54) is 12.5 Å². The topological polar surface area (TPSA) is 84.2 Å². The van der Waals surface area contributed by atoms with Crippen molar-refractivity contribution in [3.05, 3.63) is 23.2 Å². The minimum atomic E-state index is -0.709. The molecular formula is C15H20ClN3O2. The van der Waals surface area contributed by atoms with Gasteiger partial charge in [-0.05, 0) is 37.0 Å². The quantitative estimate of drug-likeness (QED) is 0.580. The molecule has 114 valence electrons. The summed E-state index contributed by atoms with van der Waals surface area (Å²) in [7, 11) is 0. The molecule has 2 atom stereocenters. The van der Waals surface area contributed by atoms with Crippen LogP contribution in [0.3, 0.4) is 0 Å². The van der Waals surface area contributed by atoms with Crippen LogP contribution in [0.1, 0.15) is 32.6 Å². The zero-order valence-electron chi connectivity index (χ0n) is 12.0. The van der Waals surface area contributed by atoms with Gasteiger partial charge in [0.15, 0.2) is 0 Å². The molecule has 1 aliphatic rings. The second-order valence-electron chi connectivity index (χ2n) is 5.54. The predicted molar refractivity (Wildman–Crippen MR) is 84.1 cm³/mol. The molecule has 4 N–H and O–H groups in total. The van der Waals surface area contributed by atoms with E-state index in [2.05, 4.69) is 17.6 Å². The first kappa shape index (κ1) is 15.6. The highest BCUT2D eigenvalue weighted by Crippen LogP contribution is 2.25. The molecule has 0 heterocycles. The summed E-state index contributed by atoms with van der Waals surface area (Å²) >= 11 is 5.97. The highest BCUT2D eigenvalue weighted by atomic mass is 35.5. The first-order chi connectivity index (χ1) is 9.97. The van der Waals surface area contributed by atoms with Gasteiger partial charge in [-0.25, -0.2) is 0 Å². The molecule has 1 fully saturated rings. The van der Waals surface area contributed by atoms with Gasteiger partial charge >= 0.3 is 11.8 Å². The number of amides is 2. The van der Waals surface area contributed by atoms with E-state index < -0.39 is 11.8 Å². The molecular weight excluding hydrogens is 290 g/mol. The van der Waals surface area contributed by atoms with E-state index in [4.69, 9.17) is 17.3 Å².